The summed E-state index contributed by atoms with van der Waals surface area (Å²) in [5, 5.41) is 10.2. The molecule has 4 heteroatoms. The summed E-state index contributed by atoms with van der Waals surface area (Å²) >= 11 is 0. The van der Waals surface area contributed by atoms with Crippen molar-refractivity contribution >= 4 is 5.97 Å². The van der Waals surface area contributed by atoms with Crippen molar-refractivity contribution in [3.63, 3.8) is 0 Å². The summed E-state index contributed by atoms with van der Waals surface area (Å²) in [6.45, 7) is 0.818. The number of likely N-dealkylation sites (tertiary alicyclic amines) is 1. The molecular formula is C19H21NO3. The van der Waals surface area contributed by atoms with Gasteiger partial charge in [0.05, 0.1) is 0 Å². The highest BCUT2D eigenvalue weighted by atomic mass is 16.5. The van der Waals surface area contributed by atoms with E-state index in [0.717, 1.165) is 11.1 Å². The van der Waals surface area contributed by atoms with Crippen molar-refractivity contribution in [3.05, 3.63) is 71.8 Å². The average molecular weight is 311 g/mol. The van der Waals surface area contributed by atoms with E-state index in [4.69, 9.17) is 4.74 Å². The summed E-state index contributed by atoms with van der Waals surface area (Å²) in [5.41, 5.74) is 2.04. The Morgan fingerprint density at radius 1 is 1.00 bits per heavy atom. The van der Waals surface area contributed by atoms with E-state index in [0.29, 0.717) is 19.4 Å². The lowest BCUT2D eigenvalue weighted by Crippen LogP contribution is -2.41. The minimum absolute atomic E-state index is 0.263. The fourth-order valence-electron chi connectivity index (χ4n) is 2.93. The summed E-state index contributed by atoms with van der Waals surface area (Å²) in [4.78, 5) is 14.2. The quantitative estimate of drug-likeness (QED) is 0.863. The van der Waals surface area contributed by atoms with Crippen molar-refractivity contribution in [2.75, 3.05) is 0 Å². The second kappa shape index (κ2) is 7.40. The molecule has 1 N–H and O–H groups in total. The lowest BCUT2D eigenvalue weighted by Gasteiger charge is -2.26. The van der Waals surface area contributed by atoms with Gasteiger partial charge in [0.25, 0.3) is 0 Å². The number of aliphatic hydroxyl groups is 1. The second-order valence-corrected chi connectivity index (χ2v) is 5.83. The first-order chi connectivity index (χ1) is 11.2. The number of rotatable bonds is 5. The zero-order valence-corrected chi connectivity index (χ0v) is 13.0. The van der Waals surface area contributed by atoms with Crippen LogP contribution in [0.1, 0.15) is 24.0 Å². The number of hydrogen-bond donors (Lipinski definition) is 1. The SMILES string of the molecule is O=C(OCc1ccccc1)[C@@H]1CCC(O)N1Cc1ccccc1. The van der Waals surface area contributed by atoms with Gasteiger partial charge in [-0.2, -0.15) is 0 Å². The third-order valence-electron chi connectivity index (χ3n) is 4.19. The molecule has 1 fully saturated rings. The maximum atomic E-state index is 12.4. The Labute approximate surface area is 136 Å². The zero-order chi connectivity index (χ0) is 16.1. The van der Waals surface area contributed by atoms with Crippen molar-refractivity contribution in [3.8, 4) is 0 Å². The maximum Gasteiger partial charge on any atom is 0.323 e. The zero-order valence-electron chi connectivity index (χ0n) is 13.0. The van der Waals surface area contributed by atoms with Gasteiger partial charge in [-0.05, 0) is 24.0 Å². The summed E-state index contributed by atoms with van der Waals surface area (Å²) in [7, 11) is 0. The largest absolute Gasteiger partial charge is 0.460 e. The van der Waals surface area contributed by atoms with Gasteiger partial charge in [-0.3, -0.25) is 9.69 Å². The van der Waals surface area contributed by atoms with Gasteiger partial charge in [0.15, 0.2) is 0 Å². The Hall–Kier alpha value is -2.17. The van der Waals surface area contributed by atoms with Crippen LogP contribution in [0.4, 0.5) is 0 Å². The average Bonchev–Trinajstić information content (AvgIpc) is 2.95. The first-order valence-electron chi connectivity index (χ1n) is 7.92. The summed E-state index contributed by atoms with van der Waals surface area (Å²) in [5.74, 6) is -0.263. The number of esters is 1. The molecule has 0 radical (unpaired) electrons. The van der Waals surface area contributed by atoms with Crippen LogP contribution in [-0.2, 0) is 22.7 Å². The van der Waals surface area contributed by atoms with E-state index in [-0.39, 0.29) is 18.6 Å². The molecule has 2 aromatic carbocycles. The first-order valence-corrected chi connectivity index (χ1v) is 7.92. The van der Waals surface area contributed by atoms with Crippen LogP contribution in [0.25, 0.3) is 0 Å². The molecule has 0 aromatic heterocycles. The van der Waals surface area contributed by atoms with Gasteiger partial charge in [0.2, 0.25) is 0 Å². The highest BCUT2D eigenvalue weighted by molar-refractivity contribution is 5.76. The van der Waals surface area contributed by atoms with Crippen LogP contribution in [0, 0.1) is 0 Å². The van der Waals surface area contributed by atoms with E-state index in [1.807, 2.05) is 65.6 Å². The Balaban J connectivity index is 1.62. The summed E-state index contributed by atoms with van der Waals surface area (Å²) < 4.78 is 5.44. The van der Waals surface area contributed by atoms with Crippen molar-refractivity contribution in [1.29, 1.82) is 0 Å². The number of aliphatic hydroxyl groups excluding tert-OH is 1. The van der Waals surface area contributed by atoms with E-state index in [2.05, 4.69) is 0 Å². The smallest absolute Gasteiger partial charge is 0.323 e. The molecule has 120 valence electrons. The van der Waals surface area contributed by atoms with Crippen molar-refractivity contribution in [1.82, 2.24) is 4.90 Å². The molecule has 2 aromatic rings. The van der Waals surface area contributed by atoms with E-state index >= 15 is 0 Å². The van der Waals surface area contributed by atoms with Crippen LogP contribution in [0.5, 0.6) is 0 Å². The number of benzene rings is 2. The van der Waals surface area contributed by atoms with Crippen molar-refractivity contribution in [2.24, 2.45) is 0 Å². The van der Waals surface area contributed by atoms with Crippen molar-refractivity contribution in [2.45, 2.75) is 38.3 Å². The molecule has 0 amide bonds. The topological polar surface area (TPSA) is 49.8 Å². The third-order valence-corrected chi connectivity index (χ3v) is 4.19. The second-order valence-electron chi connectivity index (χ2n) is 5.83. The van der Waals surface area contributed by atoms with Crippen LogP contribution >= 0.6 is 0 Å². The number of carbonyl (C=O) groups excluding carboxylic acids is 1. The Morgan fingerprint density at radius 2 is 1.61 bits per heavy atom. The summed E-state index contributed by atoms with van der Waals surface area (Å²) in [6.07, 6.45) is 0.629. The fourth-order valence-corrected chi connectivity index (χ4v) is 2.93. The van der Waals surface area contributed by atoms with Crippen LogP contribution in [0.3, 0.4) is 0 Å². The number of hydrogen-bond acceptors (Lipinski definition) is 4. The van der Waals surface area contributed by atoms with E-state index < -0.39 is 6.23 Å². The molecule has 1 saturated heterocycles. The predicted octanol–water partition coefficient (Wildman–Crippen LogP) is 2.71. The molecule has 1 unspecified atom stereocenters. The molecule has 3 rings (SSSR count). The highest BCUT2D eigenvalue weighted by Gasteiger charge is 2.37. The molecule has 2 atom stereocenters. The Morgan fingerprint density at radius 3 is 2.26 bits per heavy atom. The van der Waals surface area contributed by atoms with Crippen LogP contribution in [0.2, 0.25) is 0 Å². The van der Waals surface area contributed by atoms with Gasteiger partial charge < -0.3 is 9.84 Å². The molecule has 1 aliphatic heterocycles. The van der Waals surface area contributed by atoms with Gasteiger partial charge in [-0.25, -0.2) is 0 Å². The summed E-state index contributed by atoms with van der Waals surface area (Å²) in [6, 6.07) is 19.1. The van der Waals surface area contributed by atoms with Gasteiger partial charge >= 0.3 is 5.97 Å². The molecule has 0 spiro atoms. The van der Waals surface area contributed by atoms with Crippen molar-refractivity contribution < 1.29 is 14.6 Å². The molecular weight excluding hydrogens is 290 g/mol. The Bertz CT molecular complexity index is 630. The van der Waals surface area contributed by atoms with Gasteiger partial charge in [0, 0.05) is 6.54 Å². The number of ether oxygens (including phenoxy) is 1. The van der Waals surface area contributed by atoms with Gasteiger partial charge in [-0.1, -0.05) is 60.7 Å². The lowest BCUT2D eigenvalue weighted by atomic mass is 10.2. The minimum atomic E-state index is -0.593. The van der Waals surface area contributed by atoms with Gasteiger partial charge in [0.1, 0.15) is 18.9 Å². The minimum Gasteiger partial charge on any atom is -0.460 e. The normalized spacial score (nSPS) is 21.3. The van der Waals surface area contributed by atoms with Gasteiger partial charge in [-0.15, -0.1) is 0 Å². The lowest BCUT2D eigenvalue weighted by molar-refractivity contribution is -0.153. The first kappa shape index (κ1) is 15.7. The Kier molecular flexibility index (Phi) is 5.05. The van der Waals surface area contributed by atoms with E-state index in [9.17, 15) is 9.90 Å². The molecule has 0 aliphatic carbocycles. The standard InChI is InChI=1S/C19H21NO3/c21-18-12-11-17(20(18)13-15-7-3-1-4-8-15)19(22)23-14-16-9-5-2-6-10-16/h1-10,17-18,21H,11-14H2/t17-,18?/m0/s1. The third kappa shape index (κ3) is 3.97. The maximum absolute atomic E-state index is 12.4. The van der Waals surface area contributed by atoms with Crippen LogP contribution < -0.4 is 0 Å². The van der Waals surface area contributed by atoms with E-state index in [1.165, 1.54) is 0 Å². The van der Waals surface area contributed by atoms with Crippen LogP contribution in [-0.4, -0.2) is 28.2 Å². The molecule has 0 bridgehead atoms. The monoisotopic (exact) mass is 311 g/mol. The predicted molar refractivity (Wildman–Crippen MR) is 87.3 cm³/mol. The number of nitrogens with zero attached hydrogens (tertiary/aromatic N) is 1. The molecule has 1 heterocycles. The highest BCUT2D eigenvalue weighted by Crippen LogP contribution is 2.26. The fraction of sp³-hybridized carbons (Fsp3) is 0.316. The molecule has 23 heavy (non-hydrogen) atoms. The molecule has 0 saturated carbocycles. The number of carbonyl (C=O) groups is 1. The van der Waals surface area contributed by atoms with E-state index in [1.54, 1.807) is 0 Å². The molecule has 1 aliphatic rings. The van der Waals surface area contributed by atoms with Crippen LogP contribution in [0.15, 0.2) is 60.7 Å². The molecule has 4 nitrogen and oxygen atoms in total.